The average Bonchev–Trinajstić information content (AvgIpc) is 2.52. The summed E-state index contributed by atoms with van der Waals surface area (Å²) < 4.78 is 0. The van der Waals surface area contributed by atoms with Gasteiger partial charge in [-0.15, -0.1) is 12.4 Å². The molecule has 0 saturated heterocycles. The molecule has 0 aliphatic heterocycles. The number of anilines is 2. The summed E-state index contributed by atoms with van der Waals surface area (Å²) in [5.41, 5.74) is 6.95. The van der Waals surface area contributed by atoms with Crippen LogP contribution in [0.1, 0.15) is 34.1 Å². The minimum absolute atomic E-state index is 0. The van der Waals surface area contributed by atoms with Crippen LogP contribution in [0, 0.1) is 11.8 Å². The monoisotopic (exact) mass is 384 g/mol. The second kappa shape index (κ2) is 11.5. The number of nitrogens with one attached hydrogen (secondary N) is 3. The van der Waals surface area contributed by atoms with Gasteiger partial charge in [-0.2, -0.15) is 0 Å². The fourth-order valence-corrected chi connectivity index (χ4v) is 2.01. The first kappa shape index (κ1) is 23.9. The first-order valence-corrected chi connectivity index (χ1v) is 8.42. The summed E-state index contributed by atoms with van der Waals surface area (Å²) in [6.45, 7) is 7.49. The van der Waals surface area contributed by atoms with Crippen molar-refractivity contribution in [3.8, 4) is 0 Å². The molecule has 0 aliphatic carbocycles. The molecule has 0 fully saturated rings. The predicted molar refractivity (Wildman–Crippen MR) is 106 cm³/mol. The molecule has 1 rings (SSSR count). The van der Waals surface area contributed by atoms with Crippen molar-refractivity contribution >= 4 is 41.5 Å². The molecular weight excluding hydrogens is 356 g/mol. The molecule has 0 heterocycles. The molecule has 146 valence electrons. The fraction of sp³-hybridized carbons (Fsp3) is 0.500. The van der Waals surface area contributed by atoms with E-state index < -0.39 is 6.04 Å². The number of nitrogens with two attached hydrogens (primary N) is 1. The van der Waals surface area contributed by atoms with Gasteiger partial charge in [0, 0.05) is 17.8 Å². The topological polar surface area (TPSA) is 113 Å². The fourth-order valence-electron chi connectivity index (χ4n) is 2.01. The molecule has 1 atom stereocenters. The zero-order valence-corrected chi connectivity index (χ0v) is 16.5. The molecule has 0 aliphatic rings. The lowest BCUT2D eigenvalue weighted by Gasteiger charge is -2.15. The zero-order chi connectivity index (χ0) is 19.0. The van der Waals surface area contributed by atoms with Crippen LogP contribution in [0.4, 0.5) is 11.4 Å². The number of benzene rings is 1. The van der Waals surface area contributed by atoms with Crippen LogP contribution >= 0.6 is 12.4 Å². The highest BCUT2D eigenvalue weighted by Crippen LogP contribution is 2.14. The summed E-state index contributed by atoms with van der Waals surface area (Å²) in [6, 6.07) is 6.15. The van der Waals surface area contributed by atoms with E-state index in [0.29, 0.717) is 17.8 Å². The van der Waals surface area contributed by atoms with Crippen LogP contribution in [-0.2, 0) is 14.4 Å². The zero-order valence-electron chi connectivity index (χ0n) is 15.7. The summed E-state index contributed by atoms with van der Waals surface area (Å²) in [5, 5.41) is 7.97. The maximum atomic E-state index is 11.9. The molecule has 1 aromatic carbocycles. The third kappa shape index (κ3) is 8.82. The van der Waals surface area contributed by atoms with Crippen molar-refractivity contribution in [3.63, 3.8) is 0 Å². The lowest BCUT2D eigenvalue weighted by molar-refractivity contribution is -0.125. The normalized spacial score (nSPS) is 11.5. The molecule has 8 heteroatoms. The Morgan fingerprint density at radius 3 is 1.81 bits per heavy atom. The molecule has 0 spiro atoms. The average molecular weight is 385 g/mol. The number of amides is 3. The van der Waals surface area contributed by atoms with Crippen LogP contribution in [0.5, 0.6) is 0 Å². The van der Waals surface area contributed by atoms with E-state index in [1.807, 2.05) is 27.7 Å². The Labute approximate surface area is 160 Å². The van der Waals surface area contributed by atoms with Crippen molar-refractivity contribution in [2.45, 2.75) is 40.2 Å². The van der Waals surface area contributed by atoms with Crippen molar-refractivity contribution in [1.29, 1.82) is 0 Å². The van der Waals surface area contributed by atoms with E-state index in [-0.39, 0.29) is 48.5 Å². The largest absolute Gasteiger partial charge is 0.346 e. The van der Waals surface area contributed by atoms with E-state index in [0.717, 1.165) is 0 Å². The lowest BCUT2D eigenvalue weighted by atomic mass is 10.1. The van der Waals surface area contributed by atoms with E-state index in [2.05, 4.69) is 16.0 Å². The molecule has 0 saturated carbocycles. The number of carbonyl (C=O) groups excluding carboxylic acids is 3. The smallest absolute Gasteiger partial charge is 0.243 e. The molecule has 0 radical (unpaired) electrons. The standard InChI is InChI=1S/C18H28N4O3.ClH/c1-11(2)9-15(23)21-13-5-7-14(8-6-13)22-16(24)10-20-18(25)17(19)12(3)4;/h5-8,11-12,17H,9-10,19H2,1-4H3,(H,20,25)(H,21,23)(H,22,24);1H/t17-;/m0./s1. The third-order valence-electron chi connectivity index (χ3n) is 3.49. The SMILES string of the molecule is CC(C)CC(=O)Nc1ccc(NC(=O)CNC(=O)[C@@H](N)C(C)C)cc1.Cl. The Balaban J connectivity index is 0.00000625. The lowest BCUT2D eigenvalue weighted by Crippen LogP contribution is -2.46. The summed E-state index contributed by atoms with van der Waals surface area (Å²) >= 11 is 0. The second-order valence-corrected chi connectivity index (χ2v) is 6.76. The Hall–Kier alpha value is -2.12. The van der Waals surface area contributed by atoms with Crippen LogP contribution in [0.2, 0.25) is 0 Å². The molecule has 1 aromatic rings. The van der Waals surface area contributed by atoms with Crippen LogP contribution in [0.25, 0.3) is 0 Å². The maximum Gasteiger partial charge on any atom is 0.243 e. The van der Waals surface area contributed by atoms with Crippen molar-refractivity contribution < 1.29 is 14.4 Å². The Morgan fingerprint density at radius 2 is 1.38 bits per heavy atom. The minimum atomic E-state index is -0.637. The van der Waals surface area contributed by atoms with Crippen LogP contribution in [-0.4, -0.2) is 30.3 Å². The van der Waals surface area contributed by atoms with Gasteiger partial charge in [0.05, 0.1) is 12.6 Å². The van der Waals surface area contributed by atoms with Gasteiger partial charge in [0.1, 0.15) is 0 Å². The van der Waals surface area contributed by atoms with E-state index in [9.17, 15) is 14.4 Å². The van der Waals surface area contributed by atoms with Gasteiger partial charge in [0.15, 0.2) is 0 Å². The van der Waals surface area contributed by atoms with Crippen molar-refractivity contribution in [1.82, 2.24) is 5.32 Å². The number of hydrogen-bond donors (Lipinski definition) is 4. The summed E-state index contributed by atoms with van der Waals surface area (Å²) in [7, 11) is 0. The third-order valence-corrected chi connectivity index (χ3v) is 3.49. The molecule has 0 aromatic heterocycles. The van der Waals surface area contributed by atoms with Gasteiger partial charge < -0.3 is 21.7 Å². The van der Waals surface area contributed by atoms with Gasteiger partial charge in [-0.1, -0.05) is 27.7 Å². The summed E-state index contributed by atoms with van der Waals surface area (Å²) in [5.74, 6) is -0.454. The number of halogens is 1. The minimum Gasteiger partial charge on any atom is -0.346 e. The number of rotatable bonds is 8. The van der Waals surface area contributed by atoms with Gasteiger partial charge >= 0.3 is 0 Å². The second-order valence-electron chi connectivity index (χ2n) is 6.76. The van der Waals surface area contributed by atoms with Gasteiger partial charge in [-0.25, -0.2) is 0 Å². The van der Waals surface area contributed by atoms with E-state index in [4.69, 9.17) is 5.73 Å². The van der Waals surface area contributed by atoms with Crippen molar-refractivity contribution in [2.24, 2.45) is 17.6 Å². The van der Waals surface area contributed by atoms with E-state index >= 15 is 0 Å². The van der Waals surface area contributed by atoms with Crippen molar-refractivity contribution in [3.05, 3.63) is 24.3 Å². The quantitative estimate of drug-likeness (QED) is 0.549. The highest BCUT2D eigenvalue weighted by Gasteiger charge is 2.17. The van der Waals surface area contributed by atoms with Gasteiger partial charge in [-0.05, 0) is 36.1 Å². The van der Waals surface area contributed by atoms with E-state index in [1.165, 1.54) is 0 Å². The highest BCUT2D eigenvalue weighted by molar-refractivity contribution is 5.96. The first-order chi connectivity index (χ1) is 11.7. The molecule has 26 heavy (non-hydrogen) atoms. The number of carbonyl (C=O) groups is 3. The molecule has 0 unspecified atom stereocenters. The van der Waals surface area contributed by atoms with Gasteiger partial charge in [0.2, 0.25) is 17.7 Å². The Morgan fingerprint density at radius 1 is 0.923 bits per heavy atom. The van der Waals surface area contributed by atoms with Crippen LogP contribution < -0.4 is 21.7 Å². The first-order valence-electron chi connectivity index (χ1n) is 8.42. The maximum absolute atomic E-state index is 11.9. The molecule has 3 amide bonds. The molecule has 0 bridgehead atoms. The molecule has 7 nitrogen and oxygen atoms in total. The predicted octanol–water partition coefficient (Wildman–Crippen LogP) is 2.13. The van der Waals surface area contributed by atoms with Gasteiger partial charge in [-0.3, -0.25) is 14.4 Å². The van der Waals surface area contributed by atoms with E-state index in [1.54, 1.807) is 24.3 Å². The number of hydrogen-bond acceptors (Lipinski definition) is 4. The summed E-state index contributed by atoms with van der Waals surface area (Å²) in [4.78, 5) is 35.3. The Kier molecular flexibility index (Phi) is 10.6. The Bertz CT molecular complexity index is 603. The van der Waals surface area contributed by atoms with Crippen LogP contribution in [0.3, 0.4) is 0 Å². The molecule has 5 N–H and O–H groups in total. The highest BCUT2D eigenvalue weighted by atomic mass is 35.5. The van der Waals surface area contributed by atoms with Gasteiger partial charge in [0.25, 0.3) is 0 Å². The van der Waals surface area contributed by atoms with Crippen molar-refractivity contribution in [2.75, 3.05) is 17.2 Å². The summed E-state index contributed by atoms with van der Waals surface area (Å²) in [6.07, 6.45) is 0.455. The molecular formula is C18H29ClN4O3. The van der Waals surface area contributed by atoms with Crippen LogP contribution in [0.15, 0.2) is 24.3 Å².